The third-order valence-electron chi connectivity index (χ3n) is 15.9. The van der Waals surface area contributed by atoms with Gasteiger partial charge in [0.2, 0.25) is 0 Å². The number of Topliss-reactive ketones (excluding diaryl/α,β-unsaturated/α-hetero) is 1. The zero-order valence-corrected chi connectivity index (χ0v) is 32.5. The Balaban J connectivity index is 1.27. The van der Waals surface area contributed by atoms with E-state index in [9.17, 15) is 33.1 Å². The van der Waals surface area contributed by atoms with Gasteiger partial charge in [-0.25, -0.2) is 13.6 Å². The summed E-state index contributed by atoms with van der Waals surface area (Å²) in [6, 6.07) is -0.330. The van der Waals surface area contributed by atoms with E-state index in [-0.39, 0.29) is 90.2 Å². The summed E-state index contributed by atoms with van der Waals surface area (Å²) in [4.78, 5) is 53.9. The van der Waals surface area contributed by atoms with E-state index in [0.717, 1.165) is 56.1 Å². The summed E-state index contributed by atoms with van der Waals surface area (Å²) in [5.74, 6) is -3.22. The van der Waals surface area contributed by atoms with Crippen LogP contribution in [0.25, 0.3) is 0 Å². The topological polar surface area (TPSA) is 113 Å². The molecular formula is C41H62F2N2O6. The molecule has 8 nitrogen and oxygen atoms in total. The number of hydrogen-bond acceptors (Lipinski definition) is 5. The zero-order valence-electron chi connectivity index (χ0n) is 32.5. The van der Waals surface area contributed by atoms with E-state index in [1.165, 1.54) is 4.90 Å². The average molecular weight is 717 g/mol. The number of carbonyl (C=O) groups is 4. The fraction of sp³-hybridized carbons (Fsp3) is 0.854. The Labute approximate surface area is 303 Å². The number of halogens is 2. The van der Waals surface area contributed by atoms with E-state index >= 15 is 0 Å². The molecular weight excluding hydrogens is 654 g/mol. The highest BCUT2D eigenvalue weighted by Gasteiger charge is 2.70. The molecule has 6 unspecified atom stereocenters. The standard InChI is InChI=1S/C41H62F2N2O6/c1-24(2)31-26(46)22-40(44-34(50)45-20-18-41(42,43)19-21-45)17-16-38(8)25(32(31)40)10-11-28-37(7)14-13-29(51-30(47)23-35(3,4)33(48)49)36(5,6)27(37)12-15-39(28,38)9/h24-25,27-29H,10-23H2,1-9H3,(H,44,50)(H,48,49)/t25?,27?,28?,29-,37?,38+,39?,40?/m0/s1. The largest absolute Gasteiger partial charge is 0.481 e. The number of piperidine rings is 1. The molecule has 6 aliphatic rings. The monoisotopic (exact) mass is 716 g/mol. The molecule has 0 aromatic carbocycles. The number of hydrogen-bond donors (Lipinski definition) is 2. The number of carboxylic acids is 1. The second-order valence-electron chi connectivity index (χ2n) is 19.8. The number of alkyl halides is 2. The van der Waals surface area contributed by atoms with Crippen molar-refractivity contribution in [1.29, 1.82) is 0 Å². The molecule has 6 rings (SSSR count). The Morgan fingerprint density at radius 2 is 1.55 bits per heavy atom. The molecule has 2 amide bonds. The van der Waals surface area contributed by atoms with Crippen molar-refractivity contribution in [1.82, 2.24) is 10.2 Å². The van der Waals surface area contributed by atoms with Crippen LogP contribution < -0.4 is 5.32 Å². The summed E-state index contributed by atoms with van der Waals surface area (Å²) in [5.41, 5.74) is -0.388. The second-order valence-corrected chi connectivity index (χ2v) is 19.8. The third-order valence-corrected chi connectivity index (χ3v) is 15.9. The van der Waals surface area contributed by atoms with Gasteiger partial charge in [-0.2, -0.15) is 0 Å². The van der Waals surface area contributed by atoms with E-state index in [2.05, 4.69) is 53.8 Å². The van der Waals surface area contributed by atoms with Crippen LogP contribution in [0.4, 0.5) is 13.6 Å². The molecule has 0 bridgehead atoms. The quantitative estimate of drug-likeness (QED) is 0.267. The van der Waals surface area contributed by atoms with Crippen molar-refractivity contribution >= 4 is 23.8 Å². The summed E-state index contributed by atoms with van der Waals surface area (Å²) in [7, 11) is 0. The molecule has 1 saturated heterocycles. The van der Waals surface area contributed by atoms with Gasteiger partial charge in [-0.3, -0.25) is 14.4 Å². The Bertz CT molecular complexity index is 1510. The average Bonchev–Trinajstić information content (AvgIpc) is 3.30. The molecule has 0 spiro atoms. The molecule has 10 heteroatoms. The van der Waals surface area contributed by atoms with Gasteiger partial charge in [-0.1, -0.05) is 48.5 Å². The number of urea groups is 1. The number of ketones is 1. The number of esters is 1. The van der Waals surface area contributed by atoms with Gasteiger partial charge in [0.05, 0.1) is 17.4 Å². The number of aliphatic carboxylic acids is 1. The van der Waals surface area contributed by atoms with Crippen LogP contribution in [0.5, 0.6) is 0 Å². The highest BCUT2D eigenvalue weighted by atomic mass is 19.3. The van der Waals surface area contributed by atoms with E-state index in [1.54, 1.807) is 13.8 Å². The SMILES string of the molecule is CC(C)C1=C2C3CCC4C5(C)CC[C@H](OC(=O)CC(C)(C)C(=O)O)C(C)(C)C5CCC4(C)[C@]3(C)CCC2(NC(=O)N2CCC(F)(F)CC2)CC1=O. The van der Waals surface area contributed by atoms with Crippen LogP contribution in [-0.2, 0) is 19.1 Å². The second kappa shape index (κ2) is 12.3. The molecule has 0 aromatic heterocycles. The zero-order chi connectivity index (χ0) is 37.7. The molecule has 8 atom stereocenters. The molecule has 4 saturated carbocycles. The predicted octanol–water partition coefficient (Wildman–Crippen LogP) is 8.57. The van der Waals surface area contributed by atoms with Gasteiger partial charge in [0.1, 0.15) is 6.10 Å². The molecule has 2 N–H and O–H groups in total. The lowest BCUT2D eigenvalue weighted by Gasteiger charge is -2.72. The van der Waals surface area contributed by atoms with E-state index in [1.807, 2.05) is 0 Å². The molecule has 0 aromatic rings. The summed E-state index contributed by atoms with van der Waals surface area (Å²) >= 11 is 0. The van der Waals surface area contributed by atoms with Gasteiger partial charge >= 0.3 is 18.0 Å². The highest BCUT2D eigenvalue weighted by Crippen LogP contribution is 2.76. The van der Waals surface area contributed by atoms with Gasteiger partial charge in [0, 0.05) is 37.8 Å². The summed E-state index contributed by atoms with van der Waals surface area (Å²) < 4.78 is 34.1. The smallest absolute Gasteiger partial charge is 0.318 e. The number of fused-ring (bicyclic) bond motifs is 7. The lowest BCUT2D eigenvalue weighted by atomic mass is 9.33. The normalized spacial score (nSPS) is 40.2. The maximum Gasteiger partial charge on any atom is 0.318 e. The minimum absolute atomic E-state index is 0.00749. The van der Waals surface area contributed by atoms with Gasteiger partial charge < -0.3 is 20.1 Å². The maximum absolute atomic E-state index is 14.0. The fourth-order valence-corrected chi connectivity index (χ4v) is 12.9. The van der Waals surface area contributed by atoms with Crippen molar-refractivity contribution < 1.29 is 37.8 Å². The number of likely N-dealkylation sites (tertiary alicyclic amines) is 1. The Morgan fingerprint density at radius 3 is 2.16 bits per heavy atom. The summed E-state index contributed by atoms with van der Waals surface area (Å²) in [5, 5.41) is 12.9. The number of carboxylic acid groups (broad SMARTS) is 1. The Kier molecular flexibility index (Phi) is 9.18. The minimum atomic E-state index is -2.75. The van der Waals surface area contributed by atoms with E-state index < -0.39 is 28.8 Å². The van der Waals surface area contributed by atoms with Gasteiger partial charge in [0.25, 0.3) is 5.92 Å². The number of nitrogens with one attached hydrogen (secondary N) is 1. The Morgan fingerprint density at radius 1 is 0.902 bits per heavy atom. The number of carbonyl (C=O) groups excluding carboxylic acids is 3. The molecule has 5 fully saturated rings. The van der Waals surface area contributed by atoms with Crippen LogP contribution in [0.15, 0.2) is 11.1 Å². The summed E-state index contributed by atoms with van der Waals surface area (Å²) in [6.45, 7) is 19.2. The Hall–Kier alpha value is -2.52. The number of allylic oxidation sites excluding steroid dienone is 1. The lowest BCUT2D eigenvalue weighted by molar-refractivity contribution is -0.232. The van der Waals surface area contributed by atoms with Crippen molar-refractivity contribution in [3.8, 4) is 0 Å². The fourth-order valence-electron chi connectivity index (χ4n) is 12.9. The van der Waals surface area contributed by atoms with Crippen LogP contribution in [0.1, 0.15) is 139 Å². The van der Waals surface area contributed by atoms with Gasteiger partial charge in [0.15, 0.2) is 5.78 Å². The molecule has 1 heterocycles. The van der Waals surface area contributed by atoms with E-state index in [4.69, 9.17) is 4.74 Å². The van der Waals surface area contributed by atoms with Crippen molar-refractivity contribution in [3.05, 3.63) is 11.1 Å². The summed E-state index contributed by atoms with van der Waals surface area (Å²) in [6.07, 6.45) is 6.25. The van der Waals surface area contributed by atoms with Crippen molar-refractivity contribution in [2.24, 2.45) is 50.7 Å². The highest BCUT2D eigenvalue weighted by molar-refractivity contribution is 6.02. The first kappa shape index (κ1) is 38.2. The first-order valence-electron chi connectivity index (χ1n) is 19.6. The van der Waals surface area contributed by atoms with Crippen molar-refractivity contribution in [2.45, 2.75) is 157 Å². The molecule has 286 valence electrons. The molecule has 5 aliphatic carbocycles. The number of ether oxygens (including phenoxy) is 1. The van der Waals surface area contributed by atoms with Gasteiger partial charge in [-0.05, 0) is 116 Å². The van der Waals surface area contributed by atoms with Crippen molar-refractivity contribution in [3.63, 3.8) is 0 Å². The number of nitrogens with zero attached hydrogens (tertiary/aromatic N) is 1. The number of amides is 2. The first-order chi connectivity index (χ1) is 23.4. The third kappa shape index (κ3) is 5.86. The van der Waals surface area contributed by atoms with E-state index in [0.29, 0.717) is 18.3 Å². The van der Waals surface area contributed by atoms with Crippen LogP contribution in [0, 0.1) is 50.7 Å². The van der Waals surface area contributed by atoms with Crippen LogP contribution in [0.3, 0.4) is 0 Å². The van der Waals surface area contributed by atoms with Crippen LogP contribution in [0.2, 0.25) is 0 Å². The minimum Gasteiger partial charge on any atom is -0.481 e. The molecule has 1 aliphatic heterocycles. The molecule has 0 radical (unpaired) electrons. The van der Waals surface area contributed by atoms with Crippen LogP contribution >= 0.6 is 0 Å². The number of rotatable bonds is 6. The maximum atomic E-state index is 14.0. The van der Waals surface area contributed by atoms with Crippen molar-refractivity contribution in [2.75, 3.05) is 13.1 Å². The van der Waals surface area contributed by atoms with Gasteiger partial charge in [-0.15, -0.1) is 0 Å². The predicted molar refractivity (Wildman–Crippen MR) is 190 cm³/mol. The first-order valence-corrected chi connectivity index (χ1v) is 19.6. The van der Waals surface area contributed by atoms with Crippen LogP contribution in [-0.4, -0.2) is 64.4 Å². The lowest BCUT2D eigenvalue weighted by Crippen LogP contribution is -2.67. The molecule has 51 heavy (non-hydrogen) atoms.